The maximum absolute atomic E-state index is 13.0. The highest BCUT2D eigenvalue weighted by molar-refractivity contribution is 9.12. The molecule has 0 spiro atoms. The molecule has 1 heterocycles. The van der Waals surface area contributed by atoms with Crippen molar-refractivity contribution in [3.05, 3.63) is 0 Å². The number of carbonyl (C=O) groups excluding carboxylic acids is 3. The average molecular weight is 519 g/mol. The molecule has 0 aromatic heterocycles. The Balaban J connectivity index is 1.43. The number of hydrogen-bond donors (Lipinski definition) is 0. The summed E-state index contributed by atoms with van der Waals surface area (Å²) in [5, 5.41) is 0. The van der Waals surface area contributed by atoms with Crippen LogP contribution >= 0.6 is 31.9 Å². The second-order valence-corrected chi connectivity index (χ2v) is 11.7. The van der Waals surface area contributed by atoms with Crippen molar-refractivity contribution in [2.24, 2.45) is 41.4 Å². The van der Waals surface area contributed by atoms with Crippen LogP contribution in [0.3, 0.4) is 0 Å². The number of likely N-dealkylation sites (tertiary alicyclic amines) is 1. The summed E-state index contributed by atoms with van der Waals surface area (Å²) < 4.78 is 5.82. The number of amides is 2. The quantitative estimate of drug-likeness (QED) is 0.323. The standard InChI is InChI=1S/C21H29Br2NO4/c1-9(2)11-5-4-10(3)6-14(11)28-15(25)8-24-20(26)16-12-7-13(17(16)21(24)27)19(23)18(12)22/h9-14,16-19H,4-8H2,1-3H3/t10-,11-,12-,13+,14+,16+,17-,18-,19+/m0/s1. The first-order valence-corrected chi connectivity index (χ1v) is 12.4. The maximum Gasteiger partial charge on any atom is 0.326 e. The van der Waals surface area contributed by atoms with Gasteiger partial charge in [0.25, 0.3) is 0 Å². The van der Waals surface area contributed by atoms with E-state index in [1.807, 2.05) is 0 Å². The molecule has 3 saturated carbocycles. The van der Waals surface area contributed by atoms with Crippen LogP contribution in [0.4, 0.5) is 0 Å². The van der Waals surface area contributed by atoms with Gasteiger partial charge in [0.15, 0.2) is 0 Å². The molecule has 0 N–H and O–H groups in total. The van der Waals surface area contributed by atoms with Crippen molar-refractivity contribution in [3.63, 3.8) is 0 Å². The van der Waals surface area contributed by atoms with E-state index in [1.54, 1.807) is 0 Å². The Morgan fingerprint density at radius 1 is 1.07 bits per heavy atom. The predicted molar refractivity (Wildman–Crippen MR) is 112 cm³/mol. The molecule has 0 aromatic rings. The minimum absolute atomic E-state index is 0.112. The molecule has 4 rings (SSSR count). The molecule has 2 amide bonds. The van der Waals surface area contributed by atoms with Crippen LogP contribution < -0.4 is 0 Å². The van der Waals surface area contributed by atoms with Gasteiger partial charge in [-0.25, -0.2) is 0 Å². The molecule has 3 aliphatic carbocycles. The number of hydrogen-bond acceptors (Lipinski definition) is 4. The highest BCUT2D eigenvalue weighted by atomic mass is 79.9. The number of halogens is 2. The van der Waals surface area contributed by atoms with E-state index < -0.39 is 5.97 Å². The van der Waals surface area contributed by atoms with Crippen LogP contribution in [-0.4, -0.2) is 45.0 Å². The molecule has 9 atom stereocenters. The van der Waals surface area contributed by atoms with E-state index in [9.17, 15) is 14.4 Å². The van der Waals surface area contributed by atoms with Gasteiger partial charge in [0.2, 0.25) is 11.8 Å². The van der Waals surface area contributed by atoms with E-state index in [-0.39, 0.29) is 57.8 Å². The smallest absolute Gasteiger partial charge is 0.326 e. The summed E-state index contributed by atoms with van der Waals surface area (Å²) in [6.07, 6.45) is 3.87. The minimum atomic E-state index is -0.440. The predicted octanol–water partition coefficient (Wildman–Crippen LogP) is 3.77. The van der Waals surface area contributed by atoms with Gasteiger partial charge in [-0.1, -0.05) is 59.1 Å². The number of esters is 1. The van der Waals surface area contributed by atoms with Crippen LogP contribution in [0.5, 0.6) is 0 Å². The van der Waals surface area contributed by atoms with Crippen molar-refractivity contribution in [1.29, 1.82) is 0 Å². The zero-order chi connectivity index (χ0) is 20.3. The number of imide groups is 1. The first-order chi connectivity index (χ1) is 13.2. The van der Waals surface area contributed by atoms with Gasteiger partial charge >= 0.3 is 5.97 Å². The van der Waals surface area contributed by atoms with Gasteiger partial charge in [-0.2, -0.15) is 0 Å². The molecule has 0 aromatic carbocycles. The third-order valence-corrected chi connectivity index (χ3v) is 10.8. The zero-order valence-corrected chi connectivity index (χ0v) is 19.8. The number of nitrogens with zero attached hydrogens (tertiary/aromatic N) is 1. The Labute approximate surface area is 183 Å². The van der Waals surface area contributed by atoms with Crippen LogP contribution in [0.1, 0.15) is 46.5 Å². The third kappa shape index (κ3) is 3.28. The molecular weight excluding hydrogens is 490 g/mol. The molecule has 0 unspecified atom stereocenters. The van der Waals surface area contributed by atoms with Gasteiger partial charge in [0.05, 0.1) is 11.8 Å². The number of carbonyl (C=O) groups is 3. The SMILES string of the molecule is CC(C)[C@@H]1CC[C@H](C)C[C@H]1OC(=O)CN1C(=O)[C@@H]2[C@@H]3C[C@@H]([C@@H](Br)[C@H]3Br)[C@@H]2C1=O. The Hall–Kier alpha value is -0.430. The lowest BCUT2D eigenvalue weighted by Crippen LogP contribution is -2.41. The van der Waals surface area contributed by atoms with Crippen molar-refractivity contribution in [2.45, 2.75) is 62.2 Å². The summed E-state index contributed by atoms with van der Waals surface area (Å²) in [7, 11) is 0. The minimum Gasteiger partial charge on any atom is -0.461 e. The van der Waals surface area contributed by atoms with Crippen molar-refractivity contribution < 1.29 is 19.1 Å². The Morgan fingerprint density at radius 3 is 2.18 bits per heavy atom. The molecule has 28 heavy (non-hydrogen) atoms. The number of ether oxygens (including phenoxy) is 1. The fraction of sp³-hybridized carbons (Fsp3) is 0.857. The van der Waals surface area contributed by atoms with E-state index in [4.69, 9.17) is 4.74 Å². The highest BCUT2D eigenvalue weighted by Gasteiger charge is 2.66. The topological polar surface area (TPSA) is 63.7 Å². The average Bonchev–Trinajstić information content (AvgIpc) is 3.22. The number of rotatable bonds is 4. The molecule has 1 saturated heterocycles. The molecular formula is C21H29Br2NO4. The lowest BCUT2D eigenvalue weighted by molar-refractivity contribution is -0.162. The lowest BCUT2D eigenvalue weighted by Gasteiger charge is -2.36. The molecule has 4 aliphatic rings. The fourth-order valence-corrected chi connectivity index (χ4v) is 8.03. The van der Waals surface area contributed by atoms with Crippen LogP contribution in [0, 0.1) is 41.4 Å². The van der Waals surface area contributed by atoms with Crippen molar-refractivity contribution >= 4 is 49.6 Å². The Bertz CT molecular complexity index is 651. The summed E-state index contributed by atoms with van der Waals surface area (Å²) in [6.45, 7) is 6.29. The van der Waals surface area contributed by atoms with E-state index in [1.165, 1.54) is 4.90 Å². The van der Waals surface area contributed by atoms with Gasteiger partial charge in [0.1, 0.15) is 12.6 Å². The third-order valence-electron chi connectivity index (χ3n) is 7.61. The normalized spacial score (nSPS) is 45.1. The van der Waals surface area contributed by atoms with Crippen molar-refractivity contribution in [3.8, 4) is 0 Å². The van der Waals surface area contributed by atoms with Gasteiger partial charge < -0.3 is 4.74 Å². The van der Waals surface area contributed by atoms with Crippen molar-refractivity contribution in [2.75, 3.05) is 6.54 Å². The van der Waals surface area contributed by atoms with E-state index in [2.05, 4.69) is 52.6 Å². The number of fused-ring (bicyclic) bond motifs is 5. The molecule has 5 nitrogen and oxygen atoms in total. The largest absolute Gasteiger partial charge is 0.461 e. The van der Waals surface area contributed by atoms with Gasteiger partial charge in [-0.05, 0) is 48.9 Å². The monoisotopic (exact) mass is 517 g/mol. The van der Waals surface area contributed by atoms with E-state index >= 15 is 0 Å². The lowest BCUT2D eigenvalue weighted by atomic mass is 9.75. The van der Waals surface area contributed by atoms with Crippen LogP contribution in [-0.2, 0) is 19.1 Å². The van der Waals surface area contributed by atoms with Crippen LogP contribution in [0.2, 0.25) is 0 Å². The summed E-state index contributed by atoms with van der Waals surface area (Å²) in [5.41, 5.74) is 0. The molecule has 156 valence electrons. The van der Waals surface area contributed by atoms with Crippen LogP contribution in [0.25, 0.3) is 0 Å². The summed E-state index contributed by atoms with van der Waals surface area (Å²) in [5.74, 6) is 0.312. The van der Waals surface area contributed by atoms with Crippen LogP contribution in [0.15, 0.2) is 0 Å². The summed E-state index contributed by atoms with van der Waals surface area (Å²) in [4.78, 5) is 40.2. The molecule has 4 fully saturated rings. The highest BCUT2D eigenvalue weighted by Crippen LogP contribution is 2.60. The molecule has 7 heteroatoms. The zero-order valence-electron chi connectivity index (χ0n) is 16.6. The maximum atomic E-state index is 13.0. The first kappa shape index (κ1) is 20.8. The van der Waals surface area contributed by atoms with Gasteiger partial charge in [-0.15, -0.1) is 0 Å². The Kier molecular flexibility index (Phi) is 5.71. The molecule has 2 bridgehead atoms. The second-order valence-electron chi connectivity index (χ2n) is 9.62. The molecule has 1 aliphatic heterocycles. The van der Waals surface area contributed by atoms with Gasteiger partial charge in [0, 0.05) is 9.65 Å². The van der Waals surface area contributed by atoms with E-state index in [0.29, 0.717) is 17.8 Å². The first-order valence-electron chi connectivity index (χ1n) is 10.5. The van der Waals surface area contributed by atoms with E-state index in [0.717, 1.165) is 25.7 Å². The fourth-order valence-electron chi connectivity index (χ4n) is 6.15. The molecule has 0 radical (unpaired) electrons. The summed E-state index contributed by atoms with van der Waals surface area (Å²) in [6, 6.07) is 0. The van der Waals surface area contributed by atoms with Crippen molar-refractivity contribution in [1.82, 2.24) is 4.90 Å². The second kappa shape index (κ2) is 7.68. The number of alkyl halides is 2. The van der Waals surface area contributed by atoms with Gasteiger partial charge in [-0.3, -0.25) is 19.3 Å². The summed E-state index contributed by atoms with van der Waals surface area (Å²) >= 11 is 7.37. The Morgan fingerprint density at radius 2 is 1.64 bits per heavy atom.